The molecule has 1 aromatic carbocycles. The van der Waals surface area contributed by atoms with Crippen LogP contribution in [0.4, 0.5) is 10.7 Å². The number of thiocarbonyl (C=S) groups is 1. The van der Waals surface area contributed by atoms with Gasteiger partial charge in [0, 0.05) is 41.8 Å². The monoisotopic (exact) mass is 477 g/mol. The van der Waals surface area contributed by atoms with Crippen LogP contribution in [-0.2, 0) is 17.6 Å². The number of esters is 1. The van der Waals surface area contributed by atoms with Gasteiger partial charge < -0.3 is 19.9 Å². The molecule has 1 aromatic heterocycles. The molecule has 1 unspecified atom stereocenters. The first-order valence-corrected chi connectivity index (χ1v) is 12.3. The zero-order valence-corrected chi connectivity index (χ0v) is 20.6. The van der Waals surface area contributed by atoms with Gasteiger partial charge in [-0.3, -0.25) is 0 Å². The lowest BCUT2D eigenvalue weighted by Crippen LogP contribution is -2.50. The first kappa shape index (κ1) is 22.4. The quantitative estimate of drug-likeness (QED) is 0.487. The van der Waals surface area contributed by atoms with Crippen molar-refractivity contribution in [3.8, 4) is 0 Å². The van der Waals surface area contributed by atoms with Crippen LogP contribution in [0, 0.1) is 12.8 Å². The van der Waals surface area contributed by atoms with Gasteiger partial charge in [-0.05, 0) is 67.6 Å². The Kier molecular flexibility index (Phi) is 6.74. The number of hydrogen-bond acceptors (Lipinski definition) is 5. The summed E-state index contributed by atoms with van der Waals surface area (Å²) in [5.74, 6) is 0.359. The van der Waals surface area contributed by atoms with Crippen LogP contribution in [0.25, 0.3) is 0 Å². The van der Waals surface area contributed by atoms with Crippen molar-refractivity contribution in [2.24, 2.45) is 5.92 Å². The molecular weight excluding hydrogens is 450 g/mol. The number of carbonyl (C=O) groups excluding carboxylic acids is 1. The molecule has 166 valence electrons. The third-order valence-electron chi connectivity index (χ3n) is 6.20. The minimum Gasteiger partial charge on any atom is -0.465 e. The Balaban J connectivity index is 1.46. The summed E-state index contributed by atoms with van der Waals surface area (Å²) in [7, 11) is 1.44. The molecular formula is C23H28ClN3O2S2. The Morgan fingerprint density at radius 3 is 2.74 bits per heavy atom. The van der Waals surface area contributed by atoms with E-state index in [4.69, 9.17) is 28.6 Å². The third kappa shape index (κ3) is 4.69. The molecule has 2 aromatic rings. The number of hydrogen-bond donors (Lipinski definition) is 1. The van der Waals surface area contributed by atoms with E-state index in [1.807, 2.05) is 12.1 Å². The number of carbonyl (C=O) groups is 1. The summed E-state index contributed by atoms with van der Waals surface area (Å²) in [6.45, 7) is 7.73. The van der Waals surface area contributed by atoms with Crippen LogP contribution in [-0.4, -0.2) is 49.3 Å². The number of nitrogens with one attached hydrogen (secondary N) is 1. The lowest BCUT2D eigenvalue weighted by molar-refractivity contribution is 0.0601. The van der Waals surface area contributed by atoms with Gasteiger partial charge >= 0.3 is 5.97 Å². The summed E-state index contributed by atoms with van der Waals surface area (Å²) < 4.78 is 5.09. The van der Waals surface area contributed by atoms with E-state index in [2.05, 4.69) is 35.0 Å². The number of ether oxygens (including phenoxy) is 1. The first-order chi connectivity index (χ1) is 14.9. The molecule has 31 heavy (non-hydrogen) atoms. The van der Waals surface area contributed by atoms with E-state index in [1.54, 1.807) is 11.3 Å². The number of fused-ring (bicyclic) bond motifs is 1. The van der Waals surface area contributed by atoms with Crippen molar-refractivity contribution in [2.45, 2.75) is 33.1 Å². The molecule has 2 heterocycles. The van der Waals surface area contributed by atoms with Gasteiger partial charge in [-0.1, -0.05) is 24.6 Å². The van der Waals surface area contributed by atoms with Gasteiger partial charge in [-0.15, -0.1) is 11.3 Å². The van der Waals surface area contributed by atoms with Crippen LogP contribution in [0.15, 0.2) is 18.2 Å². The van der Waals surface area contributed by atoms with E-state index < -0.39 is 0 Å². The van der Waals surface area contributed by atoms with Crippen LogP contribution in [0.3, 0.4) is 0 Å². The van der Waals surface area contributed by atoms with Gasteiger partial charge in [0.1, 0.15) is 5.00 Å². The number of piperazine rings is 1. The fourth-order valence-corrected chi connectivity index (χ4v) is 6.32. The summed E-state index contributed by atoms with van der Waals surface area (Å²) >= 11 is 13.6. The molecule has 5 nitrogen and oxygen atoms in total. The van der Waals surface area contributed by atoms with Crippen LogP contribution >= 0.6 is 35.2 Å². The Morgan fingerprint density at radius 2 is 2.03 bits per heavy atom. The number of rotatable bonds is 3. The van der Waals surface area contributed by atoms with Crippen molar-refractivity contribution in [1.82, 2.24) is 4.90 Å². The maximum absolute atomic E-state index is 12.5. The molecule has 1 atom stereocenters. The second-order valence-corrected chi connectivity index (χ2v) is 10.3. The Labute approximate surface area is 198 Å². The molecule has 0 radical (unpaired) electrons. The summed E-state index contributed by atoms with van der Waals surface area (Å²) in [5.41, 5.74) is 4.21. The lowest BCUT2D eigenvalue weighted by atomic mass is 9.88. The molecule has 2 aliphatic rings. The summed E-state index contributed by atoms with van der Waals surface area (Å²) in [6.07, 6.45) is 3.03. The molecule has 0 bridgehead atoms. The Bertz CT molecular complexity index is 999. The highest BCUT2D eigenvalue weighted by atomic mass is 35.5. The van der Waals surface area contributed by atoms with Crippen LogP contribution in [0.5, 0.6) is 0 Å². The Morgan fingerprint density at radius 1 is 1.29 bits per heavy atom. The number of thiophene rings is 1. The third-order valence-corrected chi connectivity index (χ3v) is 7.97. The average Bonchev–Trinajstić information content (AvgIpc) is 3.11. The normalized spacial score (nSPS) is 18.5. The minimum atomic E-state index is -0.279. The van der Waals surface area contributed by atoms with E-state index in [-0.39, 0.29) is 5.97 Å². The number of benzene rings is 1. The van der Waals surface area contributed by atoms with Gasteiger partial charge in [0.2, 0.25) is 0 Å². The maximum atomic E-state index is 12.5. The van der Waals surface area contributed by atoms with Crippen molar-refractivity contribution in [2.75, 3.05) is 43.5 Å². The van der Waals surface area contributed by atoms with Gasteiger partial charge in [0.25, 0.3) is 0 Å². The van der Waals surface area contributed by atoms with Crippen LogP contribution in [0.2, 0.25) is 5.02 Å². The fraction of sp³-hybridized carbons (Fsp3) is 0.478. The van der Waals surface area contributed by atoms with E-state index in [9.17, 15) is 4.79 Å². The highest BCUT2D eigenvalue weighted by molar-refractivity contribution is 7.80. The van der Waals surface area contributed by atoms with Gasteiger partial charge in [0.05, 0.1) is 12.7 Å². The lowest BCUT2D eigenvalue weighted by Gasteiger charge is -2.38. The van der Waals surface area contributed by atoms with Crippen molar-refractivity contribution in [3.63, 3.8) is 0 Å². The highest BCUT2D eigenvalue weighted by Crippen LogP contribution is 2.40. The predicted molar refractivity (Wildman–Crippen MR) is 133 cm³/mol. The summed E-state index contributed by atoms with van der Waals surface area (Å²) in [6, 6.07) is 6.02. The van der Waals surface area contributed by atoms with Crippen molar-refractivity contribution in [1.29, 1.82) is 0 Å². The van der Waals surface area contributed by atoms with E-state index in [0.29, 0.717) is 16.6 Å². The van der Waals surface area contributed by atoms with Crippen molar-refractivity contribution < 1.29 is 9.53 Å². The van der Waals surface area contributed by atoms with Crippen LogP contribution in [0.1, 0.15) is 39.7 Å². The molecule has 0 spiro atoms. The second kappa shape index (κ2) is 9.35. The van der Waals surface area contributed by atoms with Crippen molar-refractivity contribution in [3.05, 3.63) is 44.8 Å². The molecule has 0 amide bonds. The molecule has 0 saturated carbocycles. The zero-order valence-electron chi connectivity index (χ0n) is 18.2. The minimum absolute atomic E-state index is 0.279. The average molecular weight is 478 g/mol. The second-order valence-electron chi connectivity index (χ2n) is 8.38. The van der Waals surface area contributed by atoms with E-state index in [0.717, 1.165) is 61.0 Å². The van der Waals surface area contributed by atoms with Crippen LogP contribution < -0.4 is 10.2 Å². The topological polar surface area (TPSA) is 44.8 Å². The van der Waals surface area contributed by atoms with Gasteiger partial charge in [0.15, 0.2) is 5.11 Å². The maximum Gasteiger partial charge on any atom is 0.341 e. The molecule has 1 N–H and O–H groups in total. The molecule has 1 aliphatic carbocycles. The van der Waals surface area contributed by atoms with E-state index in [1.165, 1.54) is 23.2 Å². The van der Waals surface area contributed by atoms with Crippen molar-refractivity contribution >= 4 is 56.9 Å². The van der Waals surface area contributed by atoms with Gasteiger partial charge in [-0.2, -0.15) is 0 Å². The highest BCUT2D eigenvalue weighted by Gasteiger charge is 2.29. The van der Waals surface area contributed by atoms with E-state index >= 15 is 0 Å². The fourth-order valence-electron chi connectivity index (χ4n) is 4.41. The number of methoxy groups -OCH3 is 1. The largest absolute Gasteiger partial charge is 0.465 e. The number of halogens is 1. The molecule has 8 heteroatoms. The molecule has 1 aliphatic heterocycles. The number of aryl methyl sites for hydroxylation is 1. The standard InChI is InChI=1S/C23H28ClN3O2S2/c1-14-4-7-17-19(12-14)31-21(20(17)22(28)29-3)25-23(30)27-10-8-26(9-11-27)18-13-16(24)6-5-15(18)2/h5-6,13-14H,4,7-12H2,1-3H3,(H,25,30). The summed E-state index contributed by atoms with van der Waals surface area (Å²) in [5, 5.41) is 5.62. The molecule has 1 saturated heterocycles. The number of nitrogens with zero attached hydrogens (tertiary/aromatic N) is 2. The first-order valence-electron chi connectivity index (χ1n) is 10.7. The Hall–Kier alpha value is -1.83. The predicted octanol–water partition coefficient (Wildman–Crippen LogP) is 5.14. The molecule has 4 rings (SSSR count). The zero-order chi connectivity index (χ0) is 22.1. The van der Waals surface area contributed by atoms with Gasteiger partial charge in [-0.25, -0.2) is 4.79 Å². The smallest absolute Gasteiger partial charge is 0.341 e. The summed E-state index contributed by atoms with van der Waals surface area (Å²) in [4.78, 5) is 18.3. The molecule has 1 fully saturated rings. The number of anilines is 2. The SMILES string of the molecule is COC(=O)c1c(NC(=S)N2CCN(c3cc(Cl)ccc3C)CC2)sc2c1CCC(C)C2.